The van der Waals surface area contributed by atoms with Gasteiger partial charge in [-0.15, -0.1) is 0 Å². The molecule has 4 nitrogen and oxygen atoms in total. The largest absolute Gasteiger partial charge is 0.298 e. The summed E-state index contributed by atoms with van der Waals surface area (Å²) in [5.74, 6) is -1.34. The van der Waals surface area contributed by atoms with Gasteiger partial charge in [-0.25, -0.2) is 17.2 Å². The van der Waals surface area contributed by atoms with E-state index < -0.39 is 21.7 Å². The Hall–Kier alpha value is -2.90. The third-order valence-corrected chi connectivity index (χ3v) is 7.87. The van der Waals surface area contributed by atoms with Gasteiger partial charge >= 0.3 is 0 Å². The first-order chi connectivity index (χ1) is 15.2. The van der Waals surface area contributed by atoms with E-state index in [4.69, 9.17) is 0 Å². The zero-order valence-electron chi connectivity index (χ0n) is 18.1. The topological polar surface area (TPSA) is 54.5 Å². The van der Waals surface area contributed by atoms with E-state index in [2.05, 4.69) is 0 Å². The number of carbonyl (C=O) groups excluding carboxylic acids is 1. The molecule has 0 radical (unpaired) electrons. The third kappa shape index (κ3) is 3.55. The van der Waals surface area contributed by atoms with Crippen LogP contribution in [0, 0.1) is 25.5 Å². The molecule has 0 N–H and O–H groups in total. The van der Waals surface area contributed by atoms with Gasteiger partial charge in [-0.2, -0.15) is 4.31 Å². The number of hydrogen-bond acceptors (Lipinski definition) is 3. The summed E-state index contributed by atoms with van der Waals surface area (Å²) in [4.78, 5) is 11.5. The third-order valence-electron chi connectivity index (χ3n) is 6.07. The normalized spacial score (nSPS) is 13.9. The maximum Gasteiger partial charge on any atom is 0.243 e. The molecule has 0 saturated heterocycles. The molecule has 0 amide bonds. The van der Waals surface area contributed by atoms with Crippen molar-refractivity contribution in [1.82, 2.24) is 4.31 Å². The number of sulfonamides is 1. The Labute approximate surface area is 186 Å². The van der Waals surface area contributed by atoms with Crippen molar-refractivity contribution >= 4 is 16.3 Å². The minimum atomic E-state index is -3.68. The molecule has 0 atom stereocenters. The molecule has 0 bridgehead atoms. The lowest BCUT2D eigenvalue weighted by atomic mass is 9.91. The summed E-state index contributed by atoms with van der Waals surface area (Å²) >= 11 is 0. The van der Waals surface area contributed by atoms with Gasteiger partial charge in [0.2, 0.25) is 10.0 Å². The SMILES string of the molecule is CCc1c(F)c(-c2ccc3c(c2)CN(S(=O)(=O)c2ccc(C)cc2)C3)c(C)c(F)c1C=O. The Bertz CT molecular complexity index is 1330. The van der Waals surface area contributed by atoms with Crippen LogP contribution in [0.1, 0.15) is 45.1 Å². The standard InChI is InChI=1S/C25H23F2NO3S/c1-4-21-22(14-29)24(26)16(3)23(25(21)27)17-7-8-18-12-28(13-19(18)11-17)32(30,31)20-9-5-15(2)6-10-20/h5-11,14H,4,12-13H2,1-3H3. The van der Waals surface area contributed by atoms with Gasteiger partial charge in [0.25, 0.3) is 0 Å². The molecule has 3 aromatic carbocycles. The predicted octanol–water partition coefficient (Wildman–Crippen LogP) is 5.33. The first-order valence-electron chi connectivity index (χ1n) is 10.3. The molecule has 4 rings (SSSR count). The number of rotatable bonds is 5. The number of aldehydes is 1. The minimum absolute atomic E-state index is 0.0437. The summed E-state index contributed by atoms with van der Waals surface area (Å²) in [6.07, 6.45) is 0.530. The summed E-state index contributed by atoms with van der Waals surface area (Å²) in [6.45, 7) is 5.36. The highest BCUT2D eigenvalue weighted by atomic mass is 32.2. The number of nitrogens with zero attached hydrogens (tertiary/aromatic N) is 1. The van der Waals surface area contributed by atoms with E-state index in [1.165, 1.54) is 11.2 Å². The van der Waals surface area contributed by atoms with Crippen LogP contribution in [0.5, 0.6) is 0 Å². The van der Waals surface area contributed by atoms with Gasteiger partial charge in [-0.1, -0.05) is 36.8 Å². The number of hydrogen-bond donors (Lipinski definition) is 0. The van der Waals surface area contributed by atoms with Crippen molar-refractivity contribution in [3.8, 4) is 11.1 Å². The van der Waals surface area contributed by atoms with Crippen LogP contribution in [0.2, 0.25) is 0 Å². The van der Waals surface area contributed by atoms with Gasteiger partial charge in [-0.05, 0) is 60.7 Å². The van der Waals surface area contributed by atoms with Crippen LogP contribution < -0.4 is 0 Å². The molecule has 3 aromatic rings. The molecular weight excluding hydrogens is 432 g/mol. The smallest absolute Gasteiger partial charge is 0.243 e. The Balaban J connectivity index is 1.74. The van der Waals surface area contributed by atoms with E-state index in [1.54, 1.807) is 49.4 Å². The minimum Gasteiger partial charge on any atom is -0.298 e. The highest BCUT2D eigenvalue weighted by Gasteiger charge is 2.31. The molecular formula is C25H23F2NO3S. The average Bonchev–Trinajstić information content (AvgIpc) is 3.21. The van der Waals surface area contributed by atoms with Crippen molar-refractivity contribution in [3.63, 3.8) is 0 Å². The monoisotopic (exact) mass is 455 g/mol. The second-order valence-corrected chi connectivity index (χ2v) is 10.00. The maximum atomic E-state index is 15.3. The van der Waals surface area contributed by atoms with E-state index in [-0.39, 0.29) is 46.7 Å². The molecule has 0 unspecified atom stereocenters. The fourth-order valence-corrected chi connectivity index (χ4v) is 5.63. The highest BCUT2D eigenvalue weighted by molar-refractivity contribution is 7.89. The summed E-state index contributed by atoms with van der Waals surface area (Å²) in [7, 11) is -3.68. The first-order valence-corrected chi connectivity index (χ1v) is 11.8. The van der Waals surface area contributed by atoms with Crippen molar-refractivity contribution < 1.29 is 22.0 Å². The Kier molecular flexibility index (Phi) is 5.73. The molecule has 0 fully saturated rings. The second-order valence-electron chi connectivity index (χ2n) is 8.06. The van der Waals surface area contributed by atoms with E-state index in [9.17, 15) is 17.6 Å². The van der Waals surface area contributed by atoms with Crippen molar-refractivity contribution in [2.75, 3.05) is 0 Å². The second kappa shape index (κ2) is 8.22. The number of halogens is 2. The van der Waals surface area contributed by atoms with E-state index in [1.807, 2.05) is 6.92 Å². The molecule has 1 aliphatic rings. The van der Waals surface area contributed by atoms with Crippen LogP contribution in [-0.4, -0.2) is 19.0 Å². The molecule has 166 valence electrons. The molecule has 0 spiro atoms. The first kappa shape index (κ1) is 22.3. The average molecular weight is 456 g/mol. The van der Waals surface area contributed by atoms with E-state index >= 15 is 4.39 Å². The van der Waals surface area contributed by atoms with Gasteiger partial charge in [0.1, 0.15) is 11.6 Å². The number of benzene rings is 3. The number of carbonyl (C=O) groups is 1. The van der Waals surface area contributed by atoms with Crippen LogP contribution in [0.4, 0.5) is 8.78 Å². The summed E-state index contributed by atoms with van der Waals surface area (Å²) in [5.41, 5.74) is 2.95. The lowest BCUT2D eigenvalue weighted by Gasteiger charge is -2.16. The van der Waals surface area contributed by atoms with Crippen LogP contribution in [-0.2, 0) is 29.5 Å². The zero-order chi connectivity index (χ0) is 23.2. The fourth-order valence-electron chi connectivity index (χ4n) is 4.24. The van der Waals surface area contributed by atoms with E-state index in [0.717, 1.165) is 16.7 Å². The number of fused-ring (bicyclic) bond motifs is 1. The van der Waals surface area contributed by atoms with Crippen molar-refractivity contribution in [1.29, 1.82) is 0 Å². The Morgan fingerprint density at radius 1 is 0.969 bits per heavy atom. The van der Waals surface area contributed by atoms with Crippen molar-refractivity contribution in [3.05, 3.63) is 87.5 Å². The molecule has 7 heteroatoms. The van der Waals surface area contributed by atoms with Crippen LogP contribution in [0.3, 0.4) is 0 Å². The zero-order valence-corrected chi connectivity index (χ0v) is 18.9. The lowest BCUT2D eigenvalue weighted by molar-refractivity contribution is 0.111. The van der Waals surface area contributed by atoms with Gasteiger partial charge in [0, 0.05) is 24.2 Å². The summed E-state index contributed by atoms with van der Waals surface area (Å²) in [6, 6.07) is 11.8. The van der Waals surface area contributed by atoms with Crippen LogP contribution in [0.15, 0.2) is 47.4 Å². The molecule has 0 aromatic heterocycles. The Morgan fingerprint density at radius 2 is 1.62 bits per heavy atom. The molecule has 0 aliphatic carbocycles. The fraction of sp³-hybridized carbons (Fsp3) is 0.240. The summed E-state index contributed by atoms with van der Waals surface area (Å²) in [5, 5.41) is 0. The van der Waals surface area contributed by atoms with Gasteiger partial charge in [-0.3, -0.25) is 4.79 Å². The van der Waals surface area contributed by atoms with Gasteiger partial charge in [0.15, 0.2) is 6.29 Å². The molecule has 1 aliphatic heterocycles. The Morgan fingerprint density at radius 3 is 2.25 bits per heavy atom. The molecule has 0 saturated carbocycles. The summed E-state index contributed by atoms with van der Waals surface area (Å²) < 4.78 is 57.6. The van der Waals surface area contributed by atoms with Crippen molar-refractivity contribution in [2.45, 2.75) is 45.2 Å². The van der Waals surface area contributed by atoms with Crippen LogP contribution in [0.25, 0.3) is 11.1 Å². The van der Waals surface area contributed by atoms with Crippen LogP contribution >= 0.6 is 0 Å². The van der Waals surface area contributed by atoms with Crippen molar-refractivity contribution in [2.24, 2.45) is 0 Å². The molecule has 32 heavy (non-hydrogen) atoms. The quantitative estimate of drug-likeness (QED) is 0.489. The maximum absolute atomic E-state index is 15.3. The predicted molar refractivity (Wildman–Crippen MR) is 119 cm³/mol. The molecule has 1 heterocycles. The van der Waals surface area contributed by atoms with Gasteiger partial charge in [0.05, 0.1) is 10.5 Å². The number of aryl methyl sites for hydroxylation is 1. The van der Waals surface area contributed by atoms with Gasteiger partial charge < -0.3 is 0 Å². The lowest BCUT2D eigenvalue weighted by Crippen LogP contribution is -2.25. The van der Waals surface area contributed by atoms with E-state index in [0.29, 0.717) is 11.8 Å². The highest BCUT2D eigenvalue weighted by Crippen LogP contribution is 2.37.